The van der Waals surface area contributed by atoms with E-state index < -0.39 is 11.9 Å². The Morgan fingerprint density at radius 2 is 2.00 bits per heavy atom. The van der Waals surface area contributed by atoms with Gasteiger partial charge in [-0.25, -0.2) is 4.79 Å². The molecule has 0 aliphatic rings. The maximum Gasteiger partial charge on any atom is 0.330 e. The highest BCUT2D eigenvalue weighted by Crippen LogP contribution is 1.95. The summed E-state index contributed by atoms with van der Waals surface area (Å²) in [5.74, 6) is -1.18. The zero-order chi connectivity index (χ0) is 12.4. The summed E-state index contributed by atoms with van der Waals surface area (Å²) < 4.78 is 4.81. The van der Waals surface area contributed by atoms with Gasteiger partial charge in [-0.05, 0) is 26.4 Å². The van der Waals surface area contributed by atoms with E-state index in [0.29, 0.717) is 13.0 Å². The van der Waals surface area contributed by atoms with E-state index in [4.69, 9.17) is 9.84 Å². The number of carboxylic acids is 1. The lowest BCUT2D eigenvalue weighted by atomic mass is 10.3. The molecule has 0 aromatic carbocycles. The van der Waals surface area contributed by atoms with E-state index in [1.807, 2.05) is 11.9 Å². The van der Waals surface area contributed by atoms with Crippen molar-refractivity contribution < 1.29 is 19.4 Å². The number of hydrogen-bond acceptors (Lipinski definition) is 4. The average molecular weight is 229 g/mol. The Morgan fingerprint density at radius 1 is 1.38 bits per heavy atom. The van der Waals surface area contributed by atoms with E-state index in [-0.39, 0.29) is 6.42 Å². The molecule has 0 aromatic rings. The summed E-state index contributed by atoms with van der Waals surface area (Å²) >= 11 is 0. The first-order valence-corrected chi connectivity index (χ1v) is 5.25. The number of carbonyl (C=O) groups excluding carboxylic acids is 1. The molecular weight excluding hydrogens is 210 g/mol. The second-order valence-electron chi connectivity index (χ2n) is 3.53. The molecule has 5 nitrogen and oxygen atoms in total. The van der Waals surface area contributed by atoms with Crippen molar-refractivity contribution >= 4 is 11.9 Å². The molecule has 5 heteroatoms. The minimum Gasteiger partial charge on any atom is -0.481 e. The maximum absolute atomic E-state index is 10.7. The first kappa shape index (κ1) is 14.6. The summed E-state index contributed by atoms with van der Waals surface area (Å²) in [5.41, 5.74) is 0. The highest BCUT2D eigenvalue weighted by Gasteiger charge is 2.02. The molecular formula is C11H19NO4. The van der Waals surface area contributed by atoms with Crippen LogP contribution in [0.5, 0.6) is 0 Å². The third kappa shape index (κ3) is 9.21. The predicted octanol–water partition coefficient (Wildman–Crippen LogP) is 0.902. The largest absolute Gasteiger partial charge is 0.481 e. The van der Waals surface area contributed by atoms with Gasteiger partial charge in [-0.15, -0.1) is 0 Å². The van der Waals surface area contributed by atoms with Crippen LogP contribution in [0, 0.1) is 0 Å². The molecule has 0 saturated carbocycles. The lowest BCUT2D eigenvalue weighted by Crippen LogP contribution is -2.22. The Balaban J connectivity index is 3.36. The zero-order valence-corrected chi connectivity index (χ0v) is 9.65. The quantitative estimate of drug-likeness (QED) is 0.361. The fourth-order valence-electron chi connectivity index (χ4n) is 1.18. The molecule has 0 heterocycles. The molecule has 0 rings (SSSR count). The van der Waals surface area contributed by atoms with Gasteiger partial charge in [-0.3, -0.25) is 4.79 Å². The Labute approximate surface area is 95.7 Å². The van der Waals surface area contributed by atoms with Crippen LogP contribution in [0.1, 0.15) is 19.3 Å². The average Bonchev–Trinajstić information content (AvgIpc) is 2.23. The third-order valence-corrected chi connectivity index (χ3v) is 2.03. The van der Waals surface area contributed by atoms with Crippen molar-refractivity contribution in [2.45, 2.75) is 19.3 Å². The van der Waals surface area contributed by atoms with Crippen LogP contribution in [-0.2, 0) is 14.3 Å². The number of carboxylic acid groups (broad SMARTS) is 1. The van der Waals surface area contributed by atoms with Crippen molar-refractivity contribution in [2.24, 2.45) is 0 Å². The second kappa shape index (κ2) is 8.91. The van der Waals surface area contributed by atoms with Gasteiger partial charge in [0.25, 0.3) is 0 Å². The molecule has 0 amide bonds. The van der Waals surface area contributed by atoms with Crippen molar-refractivity contribution in [1.29, 1.82) is 0 Å². The van der Waals surface area contributed by atoms with Crippen LogP contribution < -0.4 is 0 Å². The summed E-state index contributed by atoms with van der Waals surface area (Å²) in [6, 6.07) is 0. The lowest BCUT2D eigenvalue weighted by Gasteiger charge is -2.15. The predicted molar refractivity (Wildman–Crippen MR) is 60.1 cm³/mol. The van der Waals surface area contributed by atoms with Crippen LogP contribution in [0.15, 0.2) is 12.7 Å². The molecule has 0 aliphatic carbocycles. The Hall–Kier alpha value is -1.36. The third-order valence-electron chi connectivity index (χ3n) is 2.03. The molecule has 0 radical (unpaired) electrons. The molecule has 92 valence electrons. The van der Waals surface area contributed by atoms with E-state index in [0.717, 1.165) is 25.6 Å². The minimum absolute atomic E-state index is 0.190. The van der Waals surface area contributed by atoms with Crippen molar-refractivity contribution in [3.05, 3.63) is 12.7 Å². The Bertz CT molecular complexity index is 240. The van der Waals surface area contributed by atoms with E-state index >= 15 is 0 Å². The number of ether oxygens (including phenoxy) is 1. The van der Waals surface area contributed by atoms with Gasteiger partial charge in [0.15, 0.2) is 0 Å². The summed E-state index contributed by atoms with van der Waals surface area (Å²) in [6.45, 7) is 5.18. The van der Waals surface area contributed by atoms with Gasteiger partial charge in [0.1, 0.15) is 0 Å². The number of aliphatic carboxylic acids is 1. The van der Waals surface area contributed by atoms with Crippen LogP contribution in [0.2, 0.25) is 0 Å². The molecule has 1 N–H and O–H groups in total. The number of carbonyl (C=O) groups is 2. The first-order valence-electron chi connectivity index (χ1n) is 5.25. The molecule has 0 aliphatic heterocycles. The number of nitrogens with zero attached hydrogens (tertiary/aromatic N) is 1. The minimum atomic E-state index is -0.770. The Morgan fingerprint density at radius 3 is 2.56 bits per heavy atom. The van der Waals surface area contributed by atoms with Gasteiger partial charge >= 0.3 is 11.9 Å². The SMILES string of the molecule is C=CC(=O)OCCCN(C)CCCC(=O)O. The summed E-state index contributed by atoms with van der Waals surface area (Å²) in [6.07, 6.45) is 2.70. The topological polar surface area (TPSA) is 66.8 Å². The molecule has 0 unspecified atom stereocenters. The van der Waals surface area contributed by atoms with E-state index in [1.54, 1.807) is 0 Å². The molecule has 0 bridgehead atoms. The van der Waals surface area contributed by atoms with Gasteiger partial charge in [0, 0.05) is 19.0 Å². The molecule has 0 spiro atoms. The van der Waals surface area contributed by atoms with Crippen LogP contribution in [0.3, 0.4) is 0 Å². The molecule has 0 atom stereocenters. The fourth-order valence-corrected chi connectivity index (χ4v) is 1.18. The normalized spacial score (nSPS) is 10.1. The molecule has 0 aromatic heterocycles. The van der Waals surface area contributed by atoms with Crippen LogP contribution >= 0.6 is 0 Å². The fraction of sp³-hybridized carbons (Fsp3) is 0.636. The maximum atomic E-state index is 10.7. The van der Waals surface area contributed by atoms with Crippen LogP contribution in [0.4, 0.5) is 0 Å². The van der Waals surface area contributed by atoms with E-state index in [2.05, 4.69) is 6.58 Å². The van der Waals surface area contributed by atoms with Gasteiger partial charge in [0.2, 0.25) is 0 Å². The number of esters is 1. The van der Waals surface area contributed by atoms with Crippen molar-refractivity contribution in [3.63, 3.8) is 0 Å². The van der Waals surface area contributed by atoms with Crippen LogP contribution in [-0.4, -0.2) is 48.7 Å². The molecule has 16 heavy (non-hydrogen) atoms. The van der Waals surface area contributed by atoms with Crippen molar-refractivity contribution in [1.82, 2.24) is 4.90 Å². The Kier molecular flexibility index (Phi) is 8.15. The zero-order valence-electron chi connectivity index (χ0n) is 9.65. The van der Waals surface area contributed by atoms with Gasteiger partial charge in [-0.1, -0.05) is 6.58 Å². The lowest BCUT2D eigenvalue weighted by molar-refractivity contribution is -0.138. The van der Waals surface area contributed by atoms with Crippen LogP contribution in [0.25, 0.3) is 0 Å². The second-order valence-corrected chi connectivity index (χ2v) is 3.53. The first-order chi connectivity index (χ1) is 7.56. The highest BCUT2D eigenvalue weighted by molar-refractivity contribution is 5.81. The number of rotatable bonds is 9. The van der Waals surface area contributed by atoms with Crippen molar-refractivity contribution in [3.8, 4) is 0 Å². The molecule has 0 fully saturated rings. The van der Waals surface area contributed by atoms with Gasteiger partial charge in [-0.2, -0.15) is 0 Å². The summed E-state index contributed by atoms with van der Waals surface area (Å²) in [7, 11) is 1.91. The summed E-state index contributed by atoms with van der Waals surface area (Å²) in [5, 5.41) is 8.44. The van der Waals surface area contributed by atoms with E-state index in [1.165, 1.54) is 0 Å². The summed E-state index contributed by atoms with van der Waals surface area (Å²) in [4.78, 5) is 23.0. The van der Waals surface area contributed by atoms with Crippen molar-refractivity contribution in [2.75, 3.05) is 26.7 Å². The van der Waals surface area contributed by atoms with E-state index in [9.17, 15) is 9.59 Å². The highest BCUT2D eigenvalue weighted by atomic mass is 16.5. The van der Waals surface area contributed by atoms with Gasteiger partial charge in [0.05, 0.1) is 6.61 Å². The van der Waals surface area contributed by atoms with Gasteiger partial charge < -0.3 is 14.7 Å². The molecule has 0 saturated heterocycles. The standard InChI is InChI=1S/C11H19NO4/c1-3-11(15)16-9-5-8-12(2)7-4-6-10(13)14/h3H,1,4-9H2,2H3,(H,13,14). The monoisotopic (exact) mass is 229 g/mol. The smallest absolute Gasteiger partial charge is 0.330 e. The number of hydrogen-bond donors (Lipinski definition) is 1.